The van der Waals surface area contributed by atoms with Gasteiger partial charge in [0.25, 0.3) is 11.8 Å². The van der Waals surface area contributed by atoms with Crippen LogP contribution in [0.3, 0.4) is 0 Å². The van der Waals surface area contributed by atoms with Crippen LogP contribution in [-0.2, 0) is 4.79 Å². The van der Waals surface area contributed by atoms with Gasteiger partial charge in [0.2, 0.25) is 0 Å². The van der Waals surface area contributed by atoms with E-state index in [0.717, 1.165) is 5.56 Å². The molecule has 0 atom stereocenters. The molecule has 3 rings (SSSR count). The number of ether oxygens (including phenoxy) is 2. The van der Waals surface area contributed by atoms with Crippen molar-refractivity contribution in [2.45, 2.75) is 6.92 Å². The summed E-state index contributed by atoms with van der Waals surface area (Å²) in [6.07, 6.45) is 0. The van der Waals surface area contributed by atoms with Gasteiger partial charge in [0.1, 0.15) is 0 Å². The standard InChI is InChI=1S/C21H20N2O4S/c1-14-10-11-28-20(14)21(25)23-16-7-5-6-15(12-16)22-19(24)13-27-18-9-4-3-8-17(18)26-2/h3-12H,13H2,1-2H3,(H,22,24)(H,23,25). The highest BCUT2D eigenvalue weighted by atomic mass is 32.1. The Balaban J connectivity index is 1.58. The van der Waals surface area contributed by atoms with E-state index >= 15 is 0 Å². The van der Waals surface area contributed by atoms with Gasteiger partial charge in [-0.25, -0.2) is 0 Å². The van der Waals surface area contributed by atoms with Crippen LogP contribution in [0.4, 0.5) is 11.4 Å². The summed E-state index contributed by atoms with van der Waals surface area (Å²) < 4.78 is 10.7. The molecule has 144 valence electrons. The predicted molar refractivity (Wildman–Crippen MR) is 111 cm³/mol. The van der Waals surface area contributed by atoms with Crippen molar-refractivity contribution < 1.29 is 19.1 Å². The molecule has 0 spiro atoms. The number of carbonyl (C=O) groups excluding carboxylic acids is 2. The first-order valence-electron chi connectivity index (χ1n) is 8.58. The molecule has 7 heteroatoms. The number of carbonyl (C=O) groups is 2. The molecule has 0 radical (unpaired) electrons. The quantitative estimate of drug-likeness (QED) is 0.623. The summed E-state index contributed by atoms with van der Waals surface area (Å²) in [4.78, 5) is 25.2. The lowest BCUT2D eigenvalue weighted by atomic mass is 10.2. The molecule has 2 aromatic carbocycles. The summed E-state index contributed by atoms with van der Waals surface area (Å²) in [5.74, 6) is 0.565. The van der Waals surface area contributed by atoms with Crippen LogP contribution < -0.4 is 20.1 Å². The average molecular weight is 396 g/mol. The SMILES string of the molecule is COc1ccccc1OCC(=O)Nc1cccc(NC(=O)c2sccc2C)c1. The van der Waals surface area contributed by atoms with Crippen molar-refractivity contribution in [2.75, 3.05) is 24.4 Å². The van der Waals surface area contributed by atoms with Crippen molar-refractivity contribution in [3.8, 4) is 11.5 Å². The lowest BCUT2D eigenvalue weighted by Gasteiger charge is -2.11. The lowest BCUT2D eigenvalue weighted by Crippen LogP contribution is -2.20. The zero-order chi connectivity index (χ0) is 19.9. The van der Waals surface area contributed by atoms with Crippen LogP contribution >= 0.6 is 11.3 Å². The Hall–Kier alpha value is -3.32. The van der Waals surface area contributed by atoms with Gasteiger partial charge < -0.3 is 20.1 Å². The van der Waals surface area contributed by atoms with E-state index in [0.29, 0.717) is 27.8 Å². The van der Waals surface area contributed by atoms with Gasteiger partial charge in [0, 0.05) is 11.4 Å². The summed E-state index contributed by atoms with van der Waals surface area (Å²) in [5, 5.41) is 7.48. The highest BCUT2D eigenvalue weighted by Crippen LogP contribution is 2.25. The van der Waals surface area contributed by atoms with E-state index in [1.54, 1.807) is 49.6 Å². The van der Waals surface area contributed by atoms with Crippen LogP contribution in [0.2, 0.25) is 0 Å². The molecule has 0 fully saturated rings. The number of thiophene rings is 1. The monoisotopic (exact) mass is 396 g/mol. The van der Waals surface area contributed by atoms with Crippen LogP contribution in [0.1, 0.15) is 15.2 Å². The number of benzene rings is 2. The van der Waals surface area contributed by atoms with Crippen LogP contribution in [0, 0.1) is 6.92 Å². The van der Waals surface area contributed by atoms with Crippen LogP contribution in [-0.4, -0.2) is 25.5 Å². The minimum Gasteiger partial charge on any atom is -0.493 e. The Morgan fingerprint density at radius 2 is 1.68 bits per heavy atom. The van der Waals surface area contributed by atoms with E-state index in [2.05, 4.69) is 10.6 Å². The summed E-state index contributed by atoms with van der Waals surface area (Å²) >= 11 is 1.39. The van der Waals surface area contributed by atoms with Crippen molar-refractivity contribution in [3.05, 3.63) is 70.4 Å². The number of para-hydroxylation sites is 2. The number of methoxy groups -OCH3 is 1. The maximum Gasteiger partial charge on any atom is 0.265 e. The summed E-state index contributed by atoms with van der Waals surface area (Å²) in [5.41, 5.74) is 2.09. The third-order valence-electron chi connectivity index (χ3n) is 3.90. The van der Waals surface area contributed by atoms with Crippen LogP contribution in [0.15, 0.2) is 60.0 Å². The Bertz CT molecular complexity index is 984. The number of aryl methyl sites for hydroxylation is 1. The first-order valence-corrected chi connectivity index (χ1v) is 9.46. The van der Waals surface area contributed by atoms with E-state index < -0.39 is 0 Å². The number of hydrogen-bond acceptors (Lipinski definition) is 5. The topological polar surface area (TPSA) is 76.7 Å². The fourth-order valence-electron chi connectivity index (χ4n) is 2.55. The largest absolute Gasteiger partial charge is 0.493 e. The second-order valence-corrected chi connectivity index (χ2v) is 6.87. The molecule has 0 saturated carbocycles. The van der Waals surface area contributed by atoms with Crippen LogP contribution in [0.5, 0.6) is 11.5 Å². The zero-order valence-electron chi connectivity index (χ0n) is 15.5. The molecule has 2 N–H and O–H groups in total. The highest BCUT2D eigenvalue weighted by molar-refractivity contribution is 7.12. The van der Waals surface area contributed by atoms with E-state index in [1.165, 1.54) is 11.3 Å². The molecule has 28 heavy (non-hydrogen) atoms. The zero-order valence-corrected chi connectivity index (χ0v) is 16.3. The number of amides is 2. The van der Waals surface area contributed by atoms with Crippen molar-refractivity contribution in [1.82, 2.24) is 0 Å². The Labute approximate surface area is 167 Å². The fourth-order valence-corrected chi connectivity index (χ4v) is 3.37. The summed E-state index contributed by atoms with van der Waals surface area (Å²) in [6.45, 7) is 1.73. The average Bonchev–Trinajstić information content (AvgIpc) is 3.13. The molecular weight excluding hydrogens is 376 g/mol. The van der Waals surface area contributed by atoms with Crippen molar-refractivity contribution in [1.29, 1.82) is 0 Å². The van der Waals surface area contributed by atoms with Gasteiger partial charge in [0.15, 0.2) is 18.1 Å². The van der Waals surface area contributed by atoms with Gasteiger partial charge in [-0.1, -0.05) is 18.2 Å². The van der Waals surface area contributed by atoms with E-state index in [-0.39, 0.29) is 18.4 Å². The number of hydrogen-bond donors (Lipinski definition) is 2. The smallest absolute Gasteiger partial charge is 0.265 e. The van der Waals surface area contributed by atoms with Crippen LogP contribution in [0.25, 0.3) is 0 Å². The molecule has 0 aliphatic rings. The second kappa shape index (κ2) is 9.05. The van der Waals surface area contributed by atoms with Gasteiger partial charge in [0.05, 0.1) is 12.0 Å². The molecule has 0 saturated heterocycles. The molecule has 0 aliphatic heterocycles. The number of rotatable bonds is 7. The lowest BCUT2D eigenvalue weighted by molar-refractivity contribution is -0.118. The van der Waals surface area contributed by atoms with Crippen molar-refractivity contribution in [2.24, 2.45) is 0 Å². The Morgan fingerprint density at radius 3 is 2.36 bits per heavy atom. The second-order valence-electron chi connectivity index (χ2n) is 5.96. The molecule has 1 heterocycles. The molecular formula is C21H20N2O4S. The van der Waals surface area contributed by atoms with Gasteiger partial charge in [-0.05, 0) is 54.3 Å². The number of nitrogens with one attached hydrogen (secondary N) is 2. The molecule has 6 nitrogen and oxygen atoms in total. The van der Waals surface area contributed by atoms with Crippen molar-refractivity contribution in [3.63, 3.8) is 0 Å². The third-order valence-corrected chi connectivity index (χ3v) is 4.92. The normalized spacial score (nSPS) is 10.2. The van der Waals surface area contributed by atoms with E-state index in [1.807, 2.05) is 24.4 Å². The molecule has 2 amide bonds. The predicted octanol–water partition coefficient (Wildman–Crippen LogP) is 4.33. The maximum atomic E-state index is 12.3. The minimum absolute atomic E-state index is 0.161. The molecule has 0 unspecified atom stereocenters. The first kappa shape index (κ1) is 19.4. The first-order chi connectivity index (χ1) is 13.6. The minimum atomic E-state index is -0.316. The molecule has 1 aromatic heterocycles. The molecule has 3 aromatic rings. The molecule has 0 bridgehead atoms. The van der Waals surface area contributed by atoms with E-state index in [4.69, 9.17) is 9.47 Å². The van der Waals surface area contributed by atoms with Gasteiger partial charge in [-0.3, -0.25) is 9.59 Å². The Morgan fingerprint density at radius 1 is 0.964 bits per heavy atom. The Kier molecular flexibility index (Phi) is 6.29. The molecule has 0 aliphatic carbocycles. The fraction of sp³-hybridized carbons (Fsp3) is 0.143. The summed E-state index contributed by atoms with van der Waals surface area (Å²) in [7, 11) is 1.54. The van der Waals surface area contributed by atoms with E-state index in [9.17, 15) is 9.59 Å². The highest BCUT2D eigenvalue weighted by Gasteiger charge is 2.12. The number of anilines is 2. The van der Waals surface area contributed by atoms with Gasteiger partial charge >= 0.3 is 0 Å². The van der Waals surface area contributed by atoms with Gasteiger partial charge in [-0.15, -0.1) is 11.3 Å². The van der Waals surface area contributed by atoms with Crippen molar-refractivity contribution >= 4 is 34.5 Å². The maximum absolute atomic E-state index is 12.3. The summed E-state index contributed by atoms with van der Waals surface area (Å²) in [6, 6.07) is 16.0. The third kappa shape index (κ3) is 4.89. The van der Waals surface area contributed by atoms with Gasteiger partial charge in [-0.2, -0.15) is 0 Å².